The van der Waals surface area contributed by atoms with Gasteiger partial charge in [-0.15, -0.1) is 0 Å². The van der Waals surface area contributed by atoms with Gasteiger partial charge in [-0.3, -0.25) is 0 Å². The van der Waals surface area contributed by atoms with Gasteiger partial charge in [0, 0.05) is 23.8 Å². The lowest BCUT2D eigenvalue weighted by Gasteiger charge is -2.10. The van der Waals surface area contributed by atoms with Crippen molar-refractivity contribution in [3.63, 3.8) is 0 Å². The minimum absolute atomic E-state index is 0.00710. The normalized spacial score (nSPS) is 10.4. The Morgan fingerprint density at radius 1 is 1.25 bits per heavy atom. The Morgan fingerprint density at radius 3 is 2.69 bits per heavy atom. The summed E-state index contributed by atoms with van der Waals surface area (Å²) in [4.78, 5) is 0. The molecule has 1 N–H and O–H groups in total. The fourth-order valence-electron chi connectivity index (χ4n) is 1.34. The van der Waals surface area contributed by atoms with Crippen molar-refractivity contribution in [2.45, 2.75) is 19.4 Å². The topological polar surface area (TPSA) is 38.7 Å². The highest BCUT2D eigenvalue weighted by atomic mass is 79.9. The summed E-state index contributed by atoms with van der Waals surface area (Å²) in [7, 11) is 1.69. The monoisotopic (exact) mass is 288 g/mol. The molecule has 0 aliphatic rings. The summed E-state index contributed by atoms with van der Waals surface area (Å²) in [5.74, 6) is 0.753. The Bertz CT molecular complexity index is 315. The molecule has 0 bridgehead atoms. The van der Waals surface area contributed by atoms with Crippen LogP contribution < -0.4 is 4.74 Å². The first-order valence-electron chi connectivity index (χ1n) is 5.29. The van der Waals surface area contributed by atoms with Gasteiger partial charge in [-0.1, -0.05) is 15.9 Å². The van der Waals surface area contributed by atoms with E-state index in [1.54, 1.807) is 7.11 Å². The summed E-state index contributed by atoms with van der Waals surface area (Å²) in [6.45, 7) is 1.40. The van der Waals surface area contributed by atoms with Crippen molar-refractivity contribution in [1.82, 2.24) is 0 Å². The zero-order valence-electron chi connectivity index (χ0n) is 9.41. The van der Waals surface area contributed by atoms with Gasteiger partial charge in [0.25, 0.3) is 0 Å². The van der Waals surface area contributed by atoms with E-state index >= 15 is 0 Å². The fourth-order valence-corrected chi connectivity index (χ4v) is 1.75. The maximum Gasteiger partial charge on any atom is 0.124 e. The van der Waals surface area contributed by atoms with Crippen LogP contribution >= 0.6 is 15.9 Å². The number of benzene rings is 1. The van der Waals surface area contributed by atoms with E-state index in [-0.39, 0.29) is 6.61 Å². The molecule has 0 aromatic heterocycles. The molecule has 1 rings (SSSR count). The summed E-state index contributed by atoms with van der Waals surface area (Å²) in [6.07, 6.45) is 1.94. The van der Waals surface area contributed by atoms with Gasteiger partial charge >= 0.3 is 0 Å². The summed E-state index contributed by atoms with van der Waals surface area (Å²) < 4.78 is 11.5. The van der Waals surface area contributed by atoms with Crippen molar-refractivity contribution in [2.75, 3.05) is 20.3 Å². The highest BCUT2D eigenvalue weighted by molar-refractivity contribution is 9.10. The van der Waals surface area contributed by atoms with Crippen LogP contribution in [0.3, 0.4) is 0 Å². The number of halogens is 1. The van der Waals surface area contributed by atoms with Crippen LogP contribution in [0, 0.1) is 0 Å². The smallest absolute Gasteiger partial charge is 0.124 e. The number of ether oxygens (including phenoxy) is 2. The molecule has 0 aliphatic heterocycles. The third-order valence-electron chi connectivity index (χ3n) is 2.19. The molecule has 0 saturated heterocycles. The van der Waals surface area contributed by atoms with Gasteiger partial charge < -0.3 is 14.6 Å². The minimum Gasteiger partial charge on any atom is -0.493 e. The molecular formula is C12H17BrO3. The van der Waals surface area contributed by atoms with Gasteiger partial charge in [0.2, 0.25) is 0 Å². The molecular weight excluding hydrogens is 272 g/mol. The second-order valence-electron chi connectivity index (χ2n) is 3.46. The summed E-state index contributed by atoms with van der Waals surface area (Å²) in [5.41, 5.74) is 0.807. The average molecular weight is 289 g/mol. The number of hydrogen-bond acceptors (Lipinski definition) is 3. The summed E-state index contributed by atoms with van der Waals surface area (Å²) in [6, 6.07) is 5.64. The van der Waals surface area contributed by atoms with Gasteiger partial charge in [0.1, 0.15) is 5.75 Å². The highest BCUT2D eigenvalue weighted by Gasteiger charge is 2.03. The van der Waals surface area contributed by atoms with Crippen LogP contribution in [0.25, 0.3) is 0 Å². The van der Waals surface area contributed by atoms with Crippen molar-refractivity contribution in [1.29, 1.82) is 0 Å². The minimum atomic E-state index is -0.00710. The van der Waals surface area contributed by atoms with Crippen LogP contribution in [-0.4, -0.2) is 25.4 Å². The Balaban J connectivity index is 2.41. The number of rotatable bonds is 7. The largest absolute Gasteiger partial charge is 0.493 e. The Morgan fingerprint density at radius 2 is 2.00 bits per heavy atom. The van der Waals surface area contributed by atoms with Gasteiger partial charge in [-0.25, -0.2) is 0 Å². The zero-order valence-corrected chi connectivity index (χ0v) is 11.0. The number of hydrogen-bond donors (Lipinski definition) is 1. The molecule has 0 unspecified atom stereocenters. The molecule has 3 nitrogen and oxygen atoms in total. The second-order valence-corrected chi connectivity index (χ2v) is 4.37. The number of methoxy groups -OCH3 is 1. The van der Waals surface area contributed by atoms with E-state index in [4.69, 9.17) is 14.6 Å². The highest BCUT2D eigenvalue weighted by Crippen LogP contribution is 2.23. The lowest BCUT2D eigenvalue weighted by Crippen LogP contribution is -2.02. The van der Waals surface area contributed by atoms with Gasteiger partial charge in [0.15, 0.2) is 0 Å². The number of unbranched alkanes of at least 4 members (excludes halogenated alkanes) is 1. The lowest BCUT2D eigenvalue weighted by atomic mass is 10.2. The van der Waals surface area contributed by atoms with Crippen molar-refractivity contribution >= 4 is 15.9 Å². The molecule has 0 heterocycles. The van der Waals surface area contributed by atoms with E-state index in [9.17, 15) is 0 Å². The van der Waals surface area contributed by atoms with Crippen molar-refractivity contribution < 1.29 is 14.6 Å². The maximum atomic E-state index is 9.16. The van der Waals surface area contributed by atoms with E-state index in [0.29, 0.717) is 6.61 Å². The third kappa shape index (κ3) is 4.51. The van der Waals surface area contributed by atoms with Gasteiger partial charge in [-0.2, -0.15) is 0 Å². The molecule has 1 aromatic rings. The predicted molar refractivity (Wildman–Crippen MR) is 66.7 cm³/mol. The van der Waals surface area contributed by atoms with E-state index < -0.39 is 0 Å². The molecule has 90 valence electrons. The summed E-state index contributed by atoms with van der Waals surface area (Å²) in [5, 5.41) is 9.16. The van der Waals surface area contributed by atoms with Crippen LogP contribution in [0.2, 0.25) is 0 Å². The Labute approximate surface area is 105 Å². The molecule has 0 saturated carbocycles. The van der Waals surface area contributed by atoms with Crippen molar-refractivity contribution in [3.05, 3.63) is 28.2 Å². The SMILES string of the molecule is COCCCCOc1ccc(Br)cc1CO. The first-order chi connectivity index (χ1) is 7.77. The van der Waals surface area contributed by atoms with Gasteiger partial charge in [-0.05, 0) is 31.0 Å². The van der Waals surface area contributed by atoms with Crippen LogP contribution in [0.4, 0.5) is 0 Å². The standard InChI is InChI=1S/C12H17BrO3/c1-15-6-2-3-7-16-12-5-4-11(13)8-10(12)9-14/h4-5,8,14H,2-3,6-7,9H2,1H3. The van der Waals surface area contributed by atoms with E-state index in [0.717, 1.165) is 35.2 Å². The molecule has 0 fully saturated rings. The predicted octanol–water partition coefficient (Wildman–Crippen LogP) is 2.75. The maximum absolute atomic E-state index is 9.16. The summed E-state index contributed by atoms with van der Waals surface area (Å²) >= 11 is 3.36. The van der Waals surface area contributed by atoms with Crippen LogP contribution in [-0.2, 0) is 11.3 Å². The quantitative estimate of drug-likeness (QED) is 0.784. The lowest BCUT2D eigenvalue weighted by molar-refractivity contribution is 0.183. The molecule has 16 heavy (non-hydrogen) atoms. The van der Waals surface area contributed by atoms with Crippen molar-refractivity contribution in [2.24, 2.45) is 0 Å². The molecule has 4 heteroatoms. The van der Waals surface area contributed by atoms with E-state index in [1.165, 1.54) is 0 Å². The molecule has 0 radical (unpaired) electrons. The first-order valence-corrected chi connectivity index (χ1v) is 6.08. The number of aliphatic hydroxyl groups excluding tert-OH is 1. The second kappa shape index (κ2) is 7.65. The van der Waals surface area contributed by atoms with E-state index in [2.05, 4.69) is 15.9 Å². The average Bonchev–Trinajstić information content (AvgIpc) is 2.30. The third-order valence-corrected chi connectivity index (χ3v) is 2.69. The molecule has 0 atom stereocenters. The van der Waals surface area contributed by atoms with E-state index in [1.807, 2.05) is 18.2 Å². The molecule has 1 aromatic carbocycles. The van der Waals surface area contributed by atoms with Gasteiger partial charge in [0.05, 0.1) is 13.2 Å². The first kappa shape index (κ1) is 13.5. The fraction of sp³-hybridized carbons (Fsp3) is 0.500. The number of aliphatic hydroxyl groups is 1. The van der Waals surface area contributed by atoms with Crippen LogP contribution in [0.15, 0.2) is 22.7 Å². The Hall–Kier alpha value is -0.580. The molecule has 0 aliphatic carbocycles. The Kier molecular flexibility index (Phi) is 6.45. The molecule has 0 spiro atoms. The van der Waals surface area contributed by atoms with Crippen molar-refractivity contribution in [3.8, 4) is 5.75 Å². The van der Waals surface area contributed by atoms with Crippen LogP contribution in [0.1, 0.15) is 18.4 Å². The molecule has 0 amide bonds. The zero-order chi connectivity index (χ0) is 11.8. The van der Waals surface area contributed by atoms with Crippen LogP contribution in [0.5, 0.6) is 5.75 Å².